The van der Waals surface area contributed by atoms with Crippen LogP contribution in [-0.4, -0.2) is 54.1 Å². The first-order valence-electron chi connectivity index (χ1n) is 8.81. The molecule has 144 valence electrons. The molecule has 0 aromatic heterocycles. The molecule has 0 fully saturated rings. The second kappa shape index (κ2) is 8.28. The van der Waals surface area contributed by atoms with E-state index in [1.165, 1.54) is 0 Å². The van der Waals surface area contributed by atoms with Gasteiger partial charge >= 0.3 is 5.97 Å². The van der Waals surface area contributed by atoms with E-state index in [0.29, 0.717) is 12.3 Å². The number of fused-ring (bicyclic) bond motifs is 1. The SMILES string of the molecule is CN1CC(NC[C@H](O)c2ccc(O)cc2)Cc2cc(OCC(=O)O)ccc21. The molecular weight excluding hydrogens is 348 g/mol. The molecule has 0 amide bonds. The van der Waals surface area contributed by atoms with Crippen molar-refractivity contribution < 1.29 is 24.9 Å². The third-order valence-corrected chi connectivity index (χ3v) is 4.66. The number of rotatable bonds is 7. The summed E-state index contributed by atoms with van der Waals surface area (Å²) in [6.45, 7) is 0.827. The van der Waals surface area contributed by atoms with Gasteiger partial charge in [-0.15, -0.1) is 0 Å². The van der Waals surface area contributed by atoms with Crippen LogP contribution in [-0.2, 0) is 11.2 Å². The lowest BCUT2D eigenvalue weighted by atomic mass is 9.97. The number of phenols is 1. The van der Waals surface area contributed by atoms with E-state index in [4.69, 9.17) is 9.84 Å². The summed E-state index contributed by atoms with van der Waals surface area (Å²) in [5, 5.41) is 31.8. The zero-order valence-corrected chi connectivity index (χ0v) is 15.1. The molecule has 3 rings (SSSR count). The van der Waals surface area contributed by atoms with Crippen LogP contribution in [0, 0.1) is 0 Å². The molecule has 7 nitrogen and oxygen atoms in total. The molecule has 0 saturated heterocycles. The van der Waals surface area contributed by atoms with Crippen molar-refractivity contribution in [3.63, 3.8) is 0 Å². The number of aliphatic hydroxyl groups excluding tert-OH is 1. The minimum Gasteiger partial charge on any atom is -0.508 e. The van der Waals surface area contributed by atoms with Crippen LogP contribution in [0.3, 0.4) is 0 Å². The first-order valence-corrected chi connectivity index (χ1v) is 8.81. The molecule has 0 radical (unpaired) electrons. The molecule has 4 N–H and O–H groups in total. The smallest absolute Gasteiger partial charge is 0.341 e. The number of benzene rings is 2. The Morgan fingerprint density at radius 1 is 1.30 bits per heavy atom. The second-order valence-corrected chi connectivity index (χ2v) is 6.77. The van der Waals surface area contributed by atoms with Gasteiger partial charge in [0.15, 0.2) is 6.61 Å². The average molecular weight is 372 g/mol. The molecule has 1 aliphatic heterocycles. The lowest BCUT2D eigenvalue weighted by molar-refractivity contribution is -0.139. The maximum Gasteiger partial charge on any atom is 0.341 e. The van der Waals surface area contributed by atoms with Gasteiger partial charge in [-0.2, -0.15) is 0 Å². The van der Waals surface area contributed by atoms with Gasteiger partial charge < -0.3 is 30.3 Å². The van der Waals surface area contributed by atoms with E-state index in [1.807, 2.05) is 19.2 Å². The van der Waals surface area contributed by atoms with Crippen molar-refractivity contribution in [2.45, 2.75) is 18.6 Å². The Kier molecular flexibility index (Phi) is 5.83. The molecule has 2 aromatic carbocycles. The van der Waals surface area contributed by atoms with Gasteiger partial charge in [0, 0.05) is 31.9 Å². The Labute approximate surface area is 157 Å². The van der Waals surface area contributed by atoms with Crippen LogP contribution in [0.4, 0.5) is 5.69 Å². The van der Waals surface area contributed by atoms with E-state index in [2.05, 4.69) is 10.2 Å². The summed E-state index contributed by atoms with van der Waals surface area (Å²) in [4.78, 5) is 12.8. The lowest BCUT2D eigenvalue weighted by Gasteiger charge is -2.34. The van der Waals surface area contributed by atoms with Gasteiger partial charge in [0.2, 0.25) is 0 Å². The van der Waals surface area contributed by atoms with E-state index in [9.17, 15) is 15.0 Å². The molecule has 0 aliphatic carbocycles. The van der Waals surface area contributed by atoms with Crippen molar-refractivity contribution >= 4 is 11.7 Å². The van der Waals surface area contributed by atoms with E-state index in [1.54, 1.807) is 30.3 Å². The largest absolute Gasteiger partial charge is 0.508 e. The maximum absolute atomic E-state index is 10.7. The molecule has 2 aromatic rings. The number of nitrogens with zero attached hydrogens (tertiary/aromatic N) is 1. The first kappa shape index (κ1) is 19.0. The van der Waals surface area contributed by atoms with Crippen LogP contribution >= 0.6 is 0 Å². The highest BCUT2D eigenvalue weighted by Crippen LogP contribution is 2.30. The van der Waals surface area contributed by atoms with E-state index >= 15 is 0 Å². The number of anilines is 1. The number of nitrogens with one attached hydrogen (secondary N) is 1. The molecule has 27 heavy (non-hydrogen) atoms. The van der Waals surface area contributed by atoms with Gasteiger partial charge in [-0.05, 0) is 47.9 Å². The summed E-state index contributed by atoms with van der Waals surface area (Å²) < 4.78 is 5.27. The number of carbonyl (C=O) groups is 1. The van der Waals surface area contributed by atoms with Gasteiger partial charge in [-0.1, -0.05) is 12.1 Å². The normalized spacial score (nSPS) is 17.3. The average Bonchev–Trinajstić information content (AvgIpc) is 2.64. The molecule has 0 bridgehead atoms. The molecular formula is C20H24N2O5. The fourth-order valence-electron chi connectivity index (χ4n) is 3.32. The Balaban J connectivity index is 1.61. The van der Waals surface area contributed by atoms with Crippen LogP contribution in [0.15, 0.2) is 42.5 Å². The van der Waals surface area contributed by atoms with Crippen LogP contribution < -0.4 is 15.0 Å². The third kappa shape index (κ3) is 4.90. The Bertz CT molecular complexity index is 793. The number of aliphatic hydroxyl groups is 1. The highest BCUT2D eigenvalue weighted by molar-refractivity contribution is 5.68. The number of aliphatic carboxylic acids is 1. The van der Waals surface area contributed by atoms with Gasteiger partial charge in [0.1, 0.15) is 11.5 Å². The third-order valence-electron chi connectivity index (χ3n) is 4.66. The fraction of sp³-hybridized carbons (Fsp3) is 0.350. The van der Waals surface area contributed by atoms with Crippen molar-refractivity contribution in [2.24, 2.45) is 0 Å². The number of hydrogen-bond acceptors (Lipinski definition) is 6. The van der Waals surface area contributed by atoms with Crippen molar-refractivity contribution in [3.8, 4) is 11.5 Å². The summed E-state index contributed by atoms with van der Waals surface area (Å²) in [7, 11) is 2.00. The van der Waals surface area contributed by atoms with Crippen molar-refractivity contribution in [3.05, 3.63) is 53.6 Å². The Morgan fingerprint density at radius 2 is 2.04 bits per heavy atom. The summed E-state index contributed by atoms with van der Waals surface area (Å²) in [6.07, 6.45) is 0.0919. The van der Waals surface area contributed by atoms with Crippen molar-refractivity contribution in [1.82, 2.24) is 5.32 Å². The predicted molar refractivity (Wildman–Crippen MR) is 101 cm³/mol. The van der Waals surface area contributed by atoms with E-state index < -0.39 is 12.1 Å². The predicted octanol–water partition coefficient (Wildman–Crippen LogP) is 1.54. The molecule has 1 unspecified atom stereocenters. The van der Waals surface area contributed by atoms with Crippen LogP contribution in [0.25, 0.3) is 0 Å². The quantitative estimate of drug-likeness (QED) is 0.585. The van der Waals surface area contributed by atoms with Gasteiger partial charge in [0.05, 0.1) is 6.10 Å². The molecule has 0 saturated carbocycles. The van der Waals surface area contributed by atoms with E-state index in [-0.39, 0.29) is 18.4 Å². The summed E-state index contributed by atoms with van der Waals surface area (Å²) >= 11 is 0. The number of hydrogen-bond donors (Lipinski definition) is 4. The lowest BCUT2D eigenvalue weighted by Crippen LogP contribution is -2.46. The van der Waals surface area contributed by atoms with Gasteiger partial charge in [0.25, 0.3) is 0 Å². The maximum atomic E-state index is 10.7. The topological polar surface area (TPSA) is 102 Å². The highest BCUT2D eigenvalue weighted by atomic mass is 16.5. The Hall–Kier alpha value is -2.77. The molecule has 1 heterocycles. The van der Waals surface area contributed by atoms with Gasteiger partial charge in [-0.3, -0.25) is 0 Å². The van der Waals surface area contributed by atoms with Crippen LogP contribution in [0.5, 0.6) is 11.5 Å². The standard InChI is InChI=1S/C20H24N2O5/c1-22-11-15(21-10-19(24)13-2-4-16(23)5-3-13)8-14-9-17(6-7-18(14)22)27-12-20(25)26/h2-7,9,15,19,21,23-24H,8,10-12H2,1H3,(H,25,26)/t15?,19-/m0/s1. The first-order chi connectivity index (χ1) is 12.9. The number of likely N-dealkylation sites (N-methyl/N-ethyl adjacent to an activating group) is 1. The number of ether oxygens (including phenoxy) is 1. The van der Waals surface area contributed by atoms with E-state index in [0.717, 1.165) is 29.8 Å². The monoisotopic (exact) mass is 372 g/mol. The zero-order chi connectivity index (χ0) is 19.4. The number of aromatic hydroxyl groups is 1. The number of phenolic OH excluding ortho intramolecular Hbond substituents is 1. The number of carboxylic acid groups (broad SMARTS) is 1. The summed E-state index contributed by atoms with van der Waals surface area (Å²) in [5.41, 5.74) is 2.91. The fourth-order valence-corrected chi connectivity index (χ4v) is 3.32. The van der Waals surface area contributed by atoms with Crippen LogP contribution in [0.2, 0.25) is 0 Å². The highest BCUT2D eigenvalue weighted by Gasteiger charge is 2.23. The second-order valence-electron chi connectivity index (χ2n) is 6.77. The Morgan fingerprint density at radius 3 is 2.74 bits per heavy atom. The van der Waals surface area contributed by atoms with Crippen molar-refractivity contribution in [1.29, 1.82) is 0 Å². The summed E-state index contributed by atoms with van der Waals surface area (Å²) in [5.74, 6) is -0.299. The molecule has 2 atom stereocenters. The molecule has 0 spiro atoms. The molecule has 7 heteroatoms. The zero-order valence-electron chi connectivity index (χ0n) is 15.1. The van der Waals surface area contributed by atoms with Gasteiger partial charge in [-0.25, -0.2) is 4.79 Å². The summed E-state index contributed by atoms with van der Waals surface area (Å²) in [6, 6.07) is 12.3. The minimum atomic E-state index is -1.01. The minimum absolute atomic E-state index is 0.143. The van der Waals surface area contributed by atoms with Crippen LogP contribution in [0.1, 0.15) is 17.2 Å². The number of carboxylic acids is 1. The van der Waals surface area contributed by atoms with Crippen molar-refractivity contribution in [2.75, 3.05) is 31.6 Å². The molecule has 1 aliphatic rings.